The number of carbonyl (C=O) groups excluding carboxylic acids is 1. The van der Waals surface area contributed by atoms with Gasteiger partial charge in [-0.1, -0.05) is 32.6 Å². The third-order valence-corrected chi connectivity index (χ3v) is 12.3. The number of benzene rings is 1. The Morgan fingerprint density at radius 1 is 1.04 bits per heavy atom. The monoisotopic (exact) mass is 697 g/mol. The highest BCUT2D eigenvalue weighted by molar-refractivity contribution is 6.76. The lowest BCUT2D eigenvalue weighted by atomic mass is 9.98. The van der Waals surface area contributed by atoms with E-state index in [1.807, 2.05) is 18.3 Å². The number of nitrogens with zero attached hydrogens (tertiary/aromatic N) is 5. The Morgan fingerprint density at radius 3 is 2.48 bits per heavy atom. The van der Waals surface area contributed by atoms with Crippen LogP contribution >= 0.6 is 0 Å². The molecule has 3 aliphatic rings. The summed E-state index contributed by atoms with van der Waals surface area (Å²) >= 11 is 0. The van der Waals surface area contributed by atoms with Gasteiger partial charge >= 0.3 is 0 Å². The molecule has 2 saturated carbocycles. The first-order chi connectivity index (χ1) is 23.9. The van der Waals surface area contributed by atoms with Crippen molar-refractivity contribution in [1.29, 1.82) is 0 Å². The average molecular weight is 698 g/mol. The number of fused-ring (bicyclic) bond motifs is 1. The highest BCUT2D eigenvalue weighted by Crippen LogP contribution is 2.44. The second-order valence-electron chi connectivity index (χ2n) is 16.5. The molecule has 1 amide bonds. The summed E-state index contributed by atoms with van der Waals surface area (Å²) < 4.78 is 24.8. The molecule has 50 heavy (non-hydrogen) atoms. The lowest BCUT2D eigenvalue weighted by Gasteiger charge is -2.31. The summed E-state index contributed by atoms with van der Waals surface area (Å²) in [7, 11) is 2.04. The molecule has 4 heterocycles. The van der Waals surface area contributed by atoms with Crippen molar-refractivity contribution >= 4 is 24.9 Å². The van der Waals surface area contributed by atoms with Crippen LogP contribution in [0.15, 0.2) is 47.4 Å². The van der Waals surface area contributed by atoms with Crippen LogP contribution in [0.3, 0.4) is 0 Å². The SMILES string of the molecule is C[C@H]1CCCN(Cc2cc3c(C4CC4)cn(-c4cc(-c5ccc(F)cc5C(=O)N(C)C)cc(C5CC5)n4)c(=O)c3n2COCC[Si](C)(C)C)C1. The van der Waals surface area contributed by atoms with Gasteiger partial charge in [-0.15, -0.1) is 0 Å². The second kappa shape index (κ2) is 13.8. The first-order valence-electron chi connectivity index (χ1n) is 18.5. The highest BCUT2D eigenvalue weighted by Gasteiger charge is 2.31. The largest absolute Gasteiger partial charge is 0.361 e. The first-order valence-corrected chi connectivity index (χ1v) is 22.2. The molecule has 4 aromatic rings. The highest BCUT2D eigenvalue weighted by atomic mass is 28.3. The number of halogens is 1. The molecule has 266 valence electrons. The van der Waals surface area contributed by atoms with Crippen LogP contribution in [0.2, 0.25) is 25.7 Å². The number of ether oxygens (including phenoxy) is 1. The van der Waals surface area contributed by atoms with Crippen LogP contribution in [0, 0.1) is 11.7 Å². The van der Waals surface area contributed by atoms with Gasteiger partial charge in [0.1, 0.15) is 23.9 Å². The fraction of sp³-hybridized carbons (Fsp3) is 0.525. The van der Waals surface area contributed by atoms with Gasteiger partial charge in [0.2, 0.25) is 0 Å². The van der Waals surface area contributed by atoms with Gasteiger partial charge in [-0.25, -0.2) is 9.37 Å². The van der Waals surface area contributed by atoms with Crippen LogP contribution in [0.25, 0.3) is 27.8 Å². The zero-order valence-electron chi connectivity index (χ0n) is 30.6. The molecule has 2 aliphatic carbocycles. The standard InChI is InChI=1S/C40H52FN5O3Si/c1-26-8-7-15-44(22-26)23-31-21-33-35(27-9-10-27)24-45(40(48)38(33)46(31)25-49-16-17-50(4,5)6)37-19-29(18-36(42-37)28-11-12-28)32-14-13-30(41)20-34(32)39(47)43(2)3/h13-14,18-21,24,26-28H,7-12,15-17,22-23,25H2,1-6H3/t26-/m0/s1. The Hall–Kier alpha value is -3.60. The van der Waals surface area contributed by atoms with E-state index < -0.39 is 13.9 Å². The second-order valence-corrected chi connectivity index (χ2v) is 22.1. The summed E-state index contributed by atoms with van der Waals surface area (Å²) in [5.41, 5.74) is 5.43. The summed E-state index contributed by atoms with van der Waals surface area (Å²) in [5, 5.41) is 1.03. The van der Waals surface area contributed by atoms with Crippen LogP contribution in [0.5, 0.6) is 0 Å². The van der Waals surface area contributed by atoms with Gasteiger partial charge in [0.25, 0.3) is 11.5 Å². The number of likely N-dealkylation sites (tertiary alicyclic amines) is 1. The van der Waals surface area contributed by atoms with Gasteiger partial charge in [-0.05, 0) is 110 Å². The zero-order chi connectivity index (χ0) is 35.3. The Kier molecular flexibility index (Phi) is 9.64. The van der Waals surface area contributed by atoms with Gasteiger partial charge in [0.15, 0.2) is 0 Å². The maximum absolute atomic E-state index is 14.9. The van der Waals surface area contributed by atoms with Crippen molar-refractivity contribution in [1.82, 2.24) is 23.9 Å². The molecular weight excluding hydrogens is 646 g/mol. The van der Waals surface area contributed by atoms with Crippen molar-refractivity contribution in [3.8, 4) is 16.9 Å². The van der Waals surface area contributed by atoms with Crippen molar-refractivity contribution in [2.24, 2.45) is 5.92 Å². The number of carbonyl (C=O) groups is 1. The van der Waals surface area contributed by atoms with Crippen molar-refractivity contribution in [2.75, 3.05) is 33.8 Å². The van der Waals surface area contributed by atoms with E-state index >= 15 is 0 Å². The Bertz CT molecular complexity index is 1970. The van der Waals surface area contributed by atoms with E-state index in [0.717, 1.165) is 73.7 Å². The number of rotatable bonds is 12. The first kappa shape index (κ1) is 34.8. The van der Waals surface area contributed by atoms with E-state index in [1.54, 1.807) is 24.7 Å². The third-order valence-electron chi connectivity index (χ3n) is 10.5. The molecule has 8 nitrogen and oxygen atoms in total. The Balaban J connectivity index is 1.38. The number of hydrogen-bond acceptors (Lipinski definition) is 5. The number of amides is 1. The van der Waals surface area contributed by atoms with Crippen molar-refractivity contribution < 1.29 is 13.9 Å². The van der Waals surface area contributed by atoms with Crippen molar-refractivity contribution in [3.63, 3.8) is 0 Å². The molecule has 0 unspecified atom stereocenters. The Labute approximate surface area is 296 Å². The summed E-state index contributed by atoms with van der Waals surface area (Å²) in [5.74, 6) is 1.14. The molecule has 3 aromatic heterocycles. The van der Waals surface area contributed by atoms with E-state index in [2.05, 4.69) is 42.1 Å². The molecule has 1 aliphatic heterocycles. The average Bonchev–Trinajstić information content (AvgIpc) is 4.00. The van der Waals surface area contributed by atoms with Crippen LogP contribution in [0.4, 0.5) is 4.39 Å². The van der Waals surface area contributed by atoms with E-state index in [1.165, 1.54) is 35.4 Å². The molecule has 0 N–H and O–H groups in total. The summed E-state index contributed by atoms with van der Waals surface area (Å²) in [4.78, 5) is 37.2. The van der Waals surface area contributed by atoms with Crippen LogP contribution in [-0.2, 0) is 18.0 Å². The molecular formula is C40H52FN5O3Si. The number of aromatic nitrogens is 3. The number of hydrogen-bond donors (Lipinski definition) is 0. The normalized spacial score (nSPS) is 18.6. The predicted molar refractivity (Wildman–Crippen MR) is 200 cm³/mol. The van der Waals surface area contributed by atoms with E-state index in [0.29, 0.717) is 48.0 Å². The smallest absolute Gasteiger partial charge is 0.280 e. The molecule has 10 heteroatoms. The van der Waals surface area contributed by atoms with Crippen LogP contribution < -0.4 is 5.56 Å². The molecule has 0 bridgehead atoms. The molecule has 0 radical (unpaired) electrons. The van der Waals surface area contributed by atoms with Gasteiger partial charge < -0.3 is 14.2 Å². The summed E-state index contributed by atoms with van der Waals surface area (Å²) in [6.07, 6.45) is 8.71. The quantitative estimate of drug-likeness (QED) is 0.111. The minimum absolute atomic E-state index is 0.119. The molecule has 7 rings (SSSR count). The van der Waals surface area contributed by atoms with Gasteiger partial charge in [-0.3, -0.25) is 19.1 Å². The molecule has 1 atom stereocenters. The molecule has 3 fully saturated rings. The van der Waals surface area contributed by atoms with Gasteiger partial charge in [-0.2, -0.15) is 0 Å². The van der Waals surface area contributed by atoms with E-state index in [9.17, 15) is 14.0 Å². The van der Waals surface area contributed by atoms with Crippen LogP contribution in [0.1, 0.15) is 84.6 Å². The summed E-state index contributed by atoms with van der Waals surface area (Å²) in [6, 6.07) is 11.6. The van der Waals surface area contributed by atoms with Gasteiger partial charge in [0.05, 0.1) is 5.56 Å². The third kappa shape index (κ3) is 7.53. The van der Waals surface area contributed by atoms with Gasteiger partial charge in [0, 0.05) is 70.8 Å². The predicted octanol–water partition coefficient (Wildman–Crippen LogP) is 7.99. The lowest BCUT2D eigenvalue weighted by Crippen LogP contribution is -2.34. The number of piperidine rings is 1. The maximum Gasteiger partial charge on any atom is 0.280 e. The number of pyridine rings is 2. The maximum atomic E-state index is 14.9. The summed E-state index contributed by atoms with van der Waals surface area (Å²) in [6.45, 7) is 13.3. The van der Waals surface area contributed by atoms with Crippen LogP contribution in [-0.4, -0.2) is 71.7 Å². The molecule has 1 saturated heterocycles. The molecule has 1 aromatic carbocycles. The minimum atomic E-state index is -1.29. The topological polar surface area (TPSA) is 72.6 Å². The minimum Gasteiger partial charge on any atom is -0.361 e. The van der Waals surface area contributed by atoms with Crippen molar-refractivity contribution in [3.05, 3.63) is 81.3 Å². The fourth-order valence-electron chi connectivity index (χ4n) is 7.39. The Morgan fingerprint density at radius 2 is 1.80 bits per heavy atom. The molecule has 0 spiro atoms. The zero-order valence-corrected chi connectivity index (χ0v) is 31.6. The van der Waals surface area contributed by atoms with Crippen molar-refractivity contribution in [2.45, 2.75) is 96.2 Å². The fourth-order valence-corrected chi connectivity index (χ4v) is 8.14. The van der Waals surface area contributed by atoms with E-state index in [-0.39, 0.29) is 17.0 Å². The van der Waals surface area contributed by atoms with E-state index in [4.69, 9.17) is 9.72 Å². The lowest BCUT2D eigenvalue weighted by molar-refractivity contribution is 0.0827.